The molecule has 0 unspecified atom stereocenters. The number of ether oxygens (including phenoxy) is 7. The van der Waals surface area contributed by atoms with Crippen LogP contribution in [0, 0.1) is 6.92 Å². The lowest BCUT2D eigenvalue weighted by Crippen LogP contribution is -2.59. The van der Waals surface area contributed by atoms with Gasteiger partial charge in [0.1, 0.15) is 41.4 Å². The van der Waals surface area contributed by atoms with Crippen molar-refractivity contribution in [3.8, 4) is 51.7 Å². The van der Waals surface area contributed by atoms with Crippen LogP contribution < -0.4 is 43.2 Å². The van der Waals surface area contributed by atoms with Gasteiger partial charge in [0, 0.05) is 51.4 Å². The number of hydrogen-bond acceptors (Lipinski definition) is 15. The molecule has 0 atom stereocenters. The lowest BCUT2D eigenvalue weighted by molar-refractivity contribution is 0.181. The molecule has 2 fully saturated rings. The molecule has 15 nitrogen and oxygen atoms in total. The van der Waals surface area contributed by atoms with Crippen molar-refractivity contribution < 1.29 is 33.2 Å². The van der Waals surface area contributed by atoms with E-state index in [2.05, 4.69) is 54.1 Å². The number of nitrogens with zero attached hydrogens (tertiary/aromatic N) is 8. The lowest BCUT2D eigenvalue weighted by atomic mass is 10.0. The van der Waals surface area contributed by atoms with Gasteiger partial charge < -0.3 is 33.2 Å². The Hall–Kier alpha value is -6.26. The first kappa shape index (κ1) is 55.0. The quantitative estimate of drug-likeness (QED) is 0.0472. The third-order valence-corrected chi connectivity index (χ3v) is 13.3. The molecule has 4 aromatic carbocycles. The van der Waals surface area contributed by atoms with Gasteiger partial charge in [0.2, 0.25) is 11.5 Å². The Balaban J connectivity index is 1.20. The Morgan fingerprint density at radius 2 is 0.867 bits per heavy atom. The third kappa shape index (κ3) is 14.6. The van der Waals surface area contributed by atoms with Gasteiger partial charge in [0.25, 0.3) is 0 Å². The second-order valence-corrected chi connectivity index (χ2v) is 21.0. The van der Waals surface area contributed by atoms with Crippen LogP contribution >= 0.6 is 23.2 Å². The molecule has 2 saturated heterocycles. The molecule has 0 bridgehead atoms. The van der Waals surface area contributed by atoms with Crippen LogP contribution in [0.25, 0.3) is 0 Å². The van der Waals surface area contributed by atoms with E-state index in [0.29, 0.717) is 47.7 Å². The van der Waals surface area contributed by atoms with Gasteiger partial charge in [0.05, 0.1) is 43.6 Å². The number of aryl methyl sites for hydroxylation is 1. The fourth-order valence-electron chi connectivity index (χ4n) is 9.65. The third-order valence-electron chi connectivity index (χ3n) is 12.7. The zero-order valence-corrected chi connectivity index (χ0v) is 46.5. The maximum Gasteiger partial charge on any atom is 0.209 e. The maximum atomic E-state index is 7.16. The number of aromatic nitrogens is 4. The Morgan fingerprint density at radius 3 is 1.24 bits per heavy atom. The number of halogens is 2. The SMILES string of the molecule is COc1ccccc1Oc1c(Cl)ncnc1N(C1CCN(Cc2cc(OC(C)C)cc(OC(C)C)c2)CC1)N(c1ncnc(Cl)c1Oc1ccccc1C)C1CCN(Cc2cc(OC(C)C)cc(OC(C)C)c2)CC1. The van der Waals surface area contributed by atoms with E-state index in [9.17, 15) is 0 Å². The highest BCUT2D eigenvalue weighted by molar-refractivity contribution is 6.31. The fourth-order valence-corrected chi connectivity index (χ4v) is 9.98. The predicted molar refractivity (Wildman–Crippen MR) is 296 cm³/mol. The maximum absolute atomic E-state index is 7.16. The molecule has 0 spiro atoms. The van der Waals surface area contributed by atoms with E-state index in [1.165, 1.54) is 12.7 Å². The molecule has 17 heteroatoms. The van der Waals surface area contributed by atoms with Crippen molar-refractivity contribution in [3.05, 3.63) is 125 Å². The van der Waals surface area contributed by atoms with Crippen LogP contribution in [0.15, 0.2) is 97.6 Å². The summed E-state index contributed by atoms with van der Waals surface area (Å²) in [5.74, 6) is 6.26. The fraction of sp³-hybridized carbons (Fsp3) is 0.448. The number of benzene rings is 4. The van der Waals surface area contributed by atoms with Crippen LogP contribution in [-0.2, 0) is 13.1 Å². The van der Waals surface area contributed by atoms with Crippen LogP contribution in [0.2, 0.25) is 10.3 Å². The normalized spacial score (nSPS) is 14.9. The summed E-state index contributed by atoms with van der Waals surface area (Å²) in [6.07, 6.45) is 5.95. The number of hydrogen-bond donors (Lipinski definition) is 0. The molecule has 0 amide bonds. The molecule has 0 aliphatic carbocycles. The topological polar surface area (TPSA) is 129 Å². The van der Waals surface area contributed by atoms with Gasteiger partial charge in [-0.25, -0.2) is 19.9 Å². The highest BCUT2D eigenvalue weighted by Crippen LogP contribution is 2.46. The summed E-state index contributed by atoms with van der Waals surface area (Å²) in [5, 5.41) is 4.74. The average molecular weight is 1060 g/mol. The molecular formula is C58H72Cl2N8O7. The Labute approximate surface area is 452 Å². The van der Waals surface area contributed by atoms with Gasteiger partial charge in [-0.2, -0.15) is 0 Å². The van der Waals surface area contributed by atoms with Gasteiger partial charge in [-0.3, -0.25) is 19.8 Å². The first-order chi connectivity index (χ1) is 36.1. The second-order valence-electron chi connectivity index (χ2n) is 20.3. The number of hydrazine groups is 1. The summed E-state index contributed by atoms with van der Waals surface area (Å²) in [7, 11) is 1.61. The number of rotatable bonds is 22. The molecule has 75 heavy (non-hydrogen) atoms. The van der Waals surface area contributed by atoms with Crippen molar-refractivity contribution in [3.63, 3.8) is 0 Å². The van der Waals surface area contributed by atoms with Crippen molar-refractivity contribution in [2.24, 2.45) is 0 Å². The minimum Gasteiger partial charge on any atom is -0.493 e. The summed E-state index contributed by atoms with van der Waals surface area (Å²) < 4.78 is 44.2. The molecule has 2 aliphatic heterocycles. The van der Waals surface area contributed by atoms with Crippen LogP contribution in [0.5, 0.6) is 51.7 Å². The Kier molecular flexibility index (Phi) is 18.7. The summed E-state index contributed by atoms with van der Waals surface area (Å²) in [4.78, 5) is 24.1. The second kappa shape index (κ2) is 25.5. The van der Waals surface area contributed by atoms with Gasteiger partial charge in [-0.05, 0) is 147 Å². The van der Waals surface area contributed by atoms with Gasteiger partial charge >= 0.3 is 0 Å². The van der Waals surface area contributed by atoms with Crippen LogP contribution in [0.3, 0.4) is 0 Å². The van der Waals surface area contributed by atoms with E-state index >= 15 is 0 Å². The average Bonchev–Trinajstić information content (AvgIpc) is 3.36. The van der Waals surface area contributed by atoms with E-state index in [0.717, 1.165) is 91.6 Å². The van der Waals surface area contributed by atoms with Gasteiger partial charge in [-0.15, -0.1) is 0 Å². The lowest BCUT2D eigenvalue weighted by Gasteiger charge is -2.49. The van der Waals surface area contributed by atoms with Crippen molar-refractivity contribution in [1.82, 2.24) is 29.7 Å². The van der Waals surface area contributed by atoms with Crippen molar-refractivity contribution in [2.45, 2.75) is 138 Å². The Morgan fingerprint density at radius 1 is 0.507 bits per heavy atom. The molecule has 2 aromatic heterocycles. The monoisotopic (exact) mass is 1060 g/mol. The van der Waals surface area contributed by atoms with Crippen molar-refractivity contribution >= 4 is 34.8 Å². The van der Waals surface area contributed by atoms with Crippen LogP contribution in [0.1, 0.15) is 97.8 Å². The minimum absolute atomic E-state index is 0.0169. The first-order valence-corrected chi connectivity index (χ1v) is 26.9. The molecule has 4 heterocycles. The smallest absolute Gasteiger partial charge is 0.209 e. The minimum atomic E-state index is -0.163. The molecule has 2 aliphatic rings. The number of para-hydroxylation sites is 3. The molecule has 0 N–H and O–H groups in total. The number of methoxy groups -OCH3 is 1. The summed E-state index contributed by atoms with van der Waals surface area (Å²) in [6, 6.07) is 27.4. The molecule has 400 valence electrons. The zero-order chi connectivity index (χ0) is 53.2. The summed E-state index contributed by atoms with van der Waals surface area (Å²) in [5.41, 5.74) is 3.15. The largest absolute Gasteiger partial charge is 0.493 e. The highest BCUT2D eigenvalue weighted by Gasteiger charge is 2.40. The van der Waals surface area contributed by atoms with E-state index in [1.807, 2.05) is 123 Å². The first-order valence-electron chi connectivity index (χ1n) is 26.1. The number of anilines is 2. The molecule has 0 radical (unpaired) electrons. The van der Waals surface area contributed by atoms with Crippen LogP contribution in [-0.4, -0.2) is 99.5 Å². The number of likely N-dealkylation sites (tertiary alicyclic amines) is 2. The van der Waals surface area contributed by atoms with Crippen LogP contribution in [0.4, 0.5) is 11.6 Å². The van der Waals surface area contributed by atoms with Gasteiger partial charge in [0.15, 0.2) is 33.4 Å². The van der Waals surface area contributed by atoms with Gasteiger partial charge in [-0.1, -0.05) is 53.5 Å². The van der Waals surface area contributed by atoms with E-state index in [-0.39, 0.29) is 52.6 Å². The molecule has 6 aromatic rings. The standard InChI is InChI=1S/C58H72Cl2N8O7/c1-37(2)70-46-27-42(28-47(31-46)71-38(3)4)33-65-23-19-44(20-24-65)67(57-53(55(59)61-35-63-57)74-50-16-12-11-15-41(50)9)68(58-54(56(60)62-36-64-58)75-52-18-14-13-17-51(52)69-10)45-21-25-66(26-22-45)34-43-29-48(72-39(5)6)32-49(30-43)73-40(7)8/h11-18,27-32,35-40,44-45H,19-26,33-34H2,1-10H3. The zero-order valence-electron chi connectivity index (χ0n) is 45.0. The van der Waals surface area contributed by atoms with E-state index in [1.54, 1.807) is 7.11 Å². The summed E-state index contributed by atoms with van der Waals surface area (Å²) >= 11 is 14.3. The summed E-state index contributed by atoms with van der Waals surface area (Å²) in [6.45, 7) is 22.7. The molecule has 0 saturated carbocycles. The number of piperidine rings is 2. The predicted octanol–water partition coefficient (Wildman–Crippen LogP) is 13.2. The van der Waals surface area contributed by atoms with E-state index in [4.69, 9.17) is 66.3 Å². The van der Waals surface area contributed by atoms with Crippen molar-refractivity contribution in [1.29, 1.82) is 0 Å². The highest BCUT2D eigenvalue weighted by atomic mass is 35.5. The molecular weight excluding hydrogens is 992 g/mol. The Bertz CT molecular complexity index is 2770. The molecule has 8 rings (SSSR count). The van der Waals surface area contributed by atoms with Crippen molar-refractivity contribution in [2.75, 3.05) is 43.3 Å². The van der Waals surface area contributed by atoms with E-state index < -0.39 is 0 Å².